The summed E-state index contributed by atoms with van der Waals surface area (Å²) in [5.41, 5.74) is 3.68. The number of halogens is 1. The molecule has 0 atom stereocenters. The molecule has 4 aromatic rings. The largest absolute Gasteiger partial charge is 0.484 e. The summed E-state index contributed by atoms with van der Waals surface area (Å²) in [6, 6.07) is 27.6. The quantitative estimate of drug-likeness (QED) is 0.113. The lowest BCUT2D eigenvalue weighted by atomic mass is 10.1. The number of carbonyl (C=O) groups is 2. The molecule has 0 saturated heterocycles. The topological polar surface area (TPSA) is 77.0 Å². The Morgan fingerprint density at radius 2 is 1.55 bits per heavy atom. The van der Waals surface area contributed by atoms with Crippen molar-refractivity contribution in [3.05, 3.63) is 106 Å². The molecule has 0 heterocycles. The minimum absolute atomic E-state index is 0.150. The average molecular weight is 550 g/mol. The molecule has 0 aliphatic carbocycles. The van der Waals surface area contributed by atoms with E-state index >= 15 is 0 Å². The van der Waals surface area contributed by atoms with Gasteiger partial charge in [-0.3, -0.25) is 4.79 Å². The maximum Gasteiger partial charge on any atom is 0.344 e. The summed E-state index contributed by atoms with van der Waals surface area (Å²) in [4.78, 5) is 24.3. The third-order valence-electron chi connectivity index (χ3n) is 4.68. The van der Waals surface area contributed by atoms with Crippen LogP contribution in [-0.4, -0.2) is 24.7 Å². The van der Waals surface area contributed by atoms with Gasteiger partial charge < -0.3 is 9.47 Å². The van der Waals surface area contributed by atoms with Crippen LogP contribution in [0.15, 0.2) is 96.1 Å². The second-order valence-corrected chi connectivity index (χ2v) is 8.19. The van der Waals surface area contributed by atoms with E-state index in [2.05, 4.69) is 33.1 Å². The number of hydrogen-bond acceptors (Lipinski definition) is 5. The third kappa shape index (κ3) is 6.17. The Morgan fingerprint density at radius 1 is 0.848 bits per heavy atom. The van der Waals surface area contributed by atoms with Crippen molar-refractivity contribution < 1.29 is 19.1 Å². The number of rotatable bonds is 7. The monoisotopic (exact) mass is 550 g/mol. The maximum atomic E-state index is 12.3. The second-order valence-electron chi connectivity index (χ2n) is 7.03. The molecule has 0 aromatic heterocycles. The molecule has 33 heavy (non-hydrogen) atoms. The van der Waals surface area contributed by atoms with Crippen LogP contribution < -0.4 is 14.9 Å². The summed E-state index contributed by atoms with van der Waals surface area (Å²) in [5, 5.41) is 6.09. The third-order valence-corrected chi connectivity index (χ3v) is 5.62. The lowest BCUT2D eigenvalue weighted by Gasteiger charge is -2.06. The fourth-order valence-corrected chi connectivity index (χ4v) is 3.64. The number of ether oxygens (including phenoxy) is 2. The summed E-state index contributed by atoms with van der Waals surface area (Å²) < 4.78 is 11.8. The van der Waals surface area contributed by atoms with E-state index in [0.29, 0.717) is 17.1 Å². The highest BCUT2D eigenvalue weighted by Crippen LogP contribution is 2.20. The van der Waals surface area contributed by atoms with E-state index in [9.17, 15) is 9.59 Å². The average Bonchev–Trinajstić information content (AvgIpc) is 2.84. The molecular weight excluding hydrogens is 531 g/mol. The van der Waals surface area contributed by atoms with Crippen LogP contribution in [0.2, 0.25) is 0 Å². The number of nitrogens with zero attached hydrogens (tertiary/aromatic N) is 1. The molecule has 4 aromatic carbocycles. The summed E-state index contributed by atoms with van der Waals surface area (Å²) >= 11 is 2.09. The molecular formula is C26H19IN2O4. The van der Waals surface area contributed by atoms with Gasteiger partial charge in [-0.1, -0.05) is 42.5 Å². The zero-order valence-electron chi connectivity index (χ0n) is 17.4. The fraction of sp³-hybridized carbons (Fsp3) is 0.0385. The number of hydrogen-bond donors (Lipinski definition) is 1. The van der Waals surface area contributed by atoms with Gasteiger partial charge in [0.05, 0.1) is 11.8 Å². The molecule has 7 heteroatoms. The van der Waals surface area contributed by atoms with Crippen molar-refractivity contribution in [1.29, 1.82) is 0 Å². The van der Waals surface area contributed by atoms with Gasteiger partial charge in [0, 0.05) is 3.57 Å². The molecule has 1 N–H and O–H groups in total. The number of esters is 1. The Bertz CT molecular complexity index is 1320. The highest BCUT2D eigenvalue weighted by Gasteiger charge is 2.11. The summed E-state index contributed by atoms with van der Waals surface area (Å²) in [7, 11) is 0. The van der Waals surface area contributed by atoms with Crippen molar-refractivity contribution in [1.82, 2.24) is 5.43 Å². The molecule has 4 rings (SSSR count). The normalized spacial score (nSPS) is 10.8. The highest BCUT2D eigenvalue weighted by atomic mass is 127. The number of amides is 1. The minimum atomic E-state index is -0.417. The van der Waals surface area contributed by atoms with E-state index in [1.807, 2.05) is 54.6 Å². The van der Waals surface area contributed by atoms with Gasteiger partial charge in [-0.05, 0) is 87.5 Å². The van der Waals surface area contributed by atoms with E-state index in [0.717, 1.165) is 19.9 Å². The van der Waals surface area contributed by atoms with Crippen LogP contribution in [0, 0.1) is 3.57 Å². The molecule has 0 spiro atoms. The summed E-state index contributed by atoms with van der Waals surface area (Å²) in [6.07, 6.45) is 1.50. The minimum Gasteiger partial charge on any atom is -0.484 e. The van der Waals surface area contributed by atoms with E-state index in [4.69, 9.17) is 9.47 Å². The number of benzene rings is 4. The first-order chi connectivity index (χ1) is 16.1. The van der Waals surface area contributed by atoms with E-state index in [1.54, 1.807) is 36.4 Å². The Balaban J connectivity index is 1.26. The van der Waals surface area contributed by atoms with Gasteiger partial charge in [-0.2, -0.15) is 5.10 Å². The van der Waals surface area contributed by atoms with Crippen molar-refractivity contribution in [2.45, 2.75) is 0 Å². The Labute approximate surface area is 204 Å². The van der Waals surface area contributed by atoms with Gasteiger partial charge in [0.15, 0.2) is 6.61 Å². The van der Waals surface area contributed by atoms with Gasteiger partial charge in [-0.25, -0.2) is 10.2 Å². The Kier molecular flexibility index (Phi) is 7.31. The van der Waals surface area contributed by atoms with Crippen molar-refractivity contribution in [2.24, 2.45) is 5.10 Å². The van der Waals surface area contributed by atoms with Crippen molar-refractivity contribution >= 4 is 51.5 Å². The number of hydrazone groups is 1. The first-order valence-corrected chi connectivity index (χ1v) is 11.2. The predicted octanol–water partition coefficient (Wildman–Crippen LogP) is 5.19. The SMILES string of the molecule is O=C(COc1ccc2ccccc2c1)N/N=C\c1ccc(OC(=O)c2ccccc2I)cc1. The van der Waals surface area contributed by atoms with E-state index in [1.165, 1.54) is 6.21 Å². The predicted molar refractivity (Wildman–Crippen MR) is 136 cm³/mol. The molecule has 0 unspecified atom stereocenters. The van der Waals surface area contributed by atoms with Crippen LogP contribution in [0.3, 0.4) is 0 Å². The zero-order valence-corrected chi connectivity index (χ0v) is 19.6. The lowest BCUT2D eigenvalue weighted by Crippen LogP contribution is -2.24. The molecule has 0 radical (unpaired) electrons. The van der Waals surface area contributed by atoms with Crippen LogP contribution >= 0.6 is 22.6 Å². The van der Waals surface area contributed by atoms with Crippen LogP contribution in [0.1, 0.15) is 15.9 Å². The zero-order chi connectivity index (χ0) is 23.0. The second kappa shape index (κ2) is 10.7. The molecule has 0 aliphatic rings. The van der Waals surface area contributed by atoms with Gasteiger partial charge in [0.25, 0.3) is 5.91 Å². The highest BCUT2D eigenvalue weighted by molar-refractivity contribution is 14.1. The van der Waals surface area contributed by atoms with Crippen molar-refractivity contribution in [3.8, 4) is 11.5 Å². The van der Waals surface area contributed by atoms with Crippen LogP contribution in [0.5, 0.6) is 11.5 Å². The van der Waals surface area contributed by atoms with Gasteiger partial charge in [-0.15, -0.1) is 0 Å². The standard InChI is InChI=1S/C26H19IN2O4/c27-24-8-4-3-7-23(24)26(31)33-21-12-9-18(10-13-21)16-28-29-25(30)17-32-22-14-11-19-5-1-2-6-20(19)15-22/h1-16H,17H2,(H,29,30)/b28-16-. The number of fused-ring (bicyclic) bond motifs is 1. The molecule has 0 bridgehead atoms. The van der Waals surface area contributed by atoms with Gasteiger partial charge in [0.2, 0.25) is 0 Å². The Hall–Kier alpha value is -3.72. The Morgan fingerprint density at radius 3 is 2.33 bits per heavy atom. The smallest absolute Gasteiger partial charge is 0.344 e. The van der Waals surface area contributed by atoms with Crippen LogP contribution in [0.25, 0.3) is 10.8 Å². The molecule has 6 nitrogen and oxygen atoms in total. The maximum absolute atomic E-state index is 12.3. The van der Waals surface area contributed by atoms with Crippen molar-refractivity contribution in [2.75, 3.05) is 6.61 Å². The van der Waals surface area contributed by atoms with E-state index in [-0.39, 0.29) is 12.5 Å². The molecule has 0 fully saturated rings. The molecule has 0 saturated carbocycles. The molecule has 164 valence electrons. The van der Waals surface area contributed by atoms with Gasteiger partial charge >= 0.3 is 5.97 Å². The fourth-order valence-electron chi connectivity index (χ4n) is 3.03. The molecule has 0 aliphatic heterocycles. The van der Waals surface area contributed by atoms with Crippen LogP contribution in [-0.2, 0) is 4.79 Å². The number of nitrogens with one attached hydrogen (secondary N) is 1. The summed E-state index contributed by atoms with van der Waals surface area (Å²) in [5.74, 6) is 0.246. The summed E-state index contributed by atoms with van der Waals surface area (Å²) in [6.45, 7) is -0.150. The lowest BCUT2D eigenvalue weighted by molar-refractivity contribution is -0.123. The van der Waals surface area contributed by atoms with Crippen molar-refractivity contribution in [3.63, 3.8) is 0 Å². The first kappa shape index (κ1) is 22.5. The van der Waals surface area contributed by atoms with Gasteiger partial charge in [0.1, 0.15) is 11.5 Å². The van der Waals surface area contributed by atoms with E-state index < -0.39 is 5.97 Å². The molecule has 1 amide bonds. The number of carbonyl (C=O) groups excluding carboxylic acids is 2. The van der Waals surface area contributed by atoms with Crippen LogP contribution in [0.4, 0.5) is 0 Å². The first-order valence-electron chi connectivity index (χ1n) is 10.1.